The highest BCUT2D eigenvalue weighted by Crippen LogP contribution is 2.20. The standard InChI is InChI=1S/C19H28N4O2/c20-19(25)23-14-4-9-17(23)18(24)22-12-5-10-21(11-6-13-22)15-16-7-2-1-3-8-16/h1-3,7-8,17H,4-6,9-15H2,(H2,20,25)/t17-/m0/s1. The summed E-state index contributed by atoms with van der Waals surface area (Å²) >= 11 is 0. The van der Waals surface area contributed by atoms with Crippen LogP contribution in [0.4, 0.5) is 4.79 Å². The average Bonchev–Trinajstić information content (AvgIpc) is 3.07. The van der Waals surface area contributed by atoms with Crippen LogP contribution in [0.2, 0.25) is 0 Å². The van der Waals surface area contributed by atoms with E-state index >= 15 is 0 Å². The molecule has 136 valence electrons. The Morgan fingerprint density at radius 1 is 0.960 bits per heavy atom. The van der Waals surface area contributed by atoms with Crippen LogP contribution in [-0.4, -0.2) is 65.4 Å². The van der Waals surface area contributed by atoms with Crippen molar-refractivity contribution in [1.82, 2.24) is 14.7 Å². The van der Waals surface area contributed by atoms with Gasteiger partial charge in [0.25, 0.3) is 0 Å². The van der Waals surface area contributed by atoms with Gasteiger partial charge in [-0.3, -0.25) is 9.69 Å². The topological polar surface area (TPSA) is 69.9 Å². The van der Waals surface area contributed by atoms with Gasteiger partial charge >= 0.3 is 6.03 Å². The van der Waals surface area contributed by atoms with E-state index in [2.05, 4.69) is 29.2 Å². The third kappa shape index (κ3) is 4.51. The van der Waals surface area contributed by atoms with E-state index in [9.17, 15) is 9.59 Å². The Hall–Kier alpha value is -2.08. The molecule has 25 heavy (non-hydrogen) atoms. The van der Waals surface area contributed by atoms with E-state index in [1.165, 1.54) is 10.5 Å². The number of likely N-dealkylation sites (tertiary alicyclic amines) is 1. The zero-order chi connectivity index (χ0) is 17.6. The largest absolute Gasteiger partial charge is 0.351 e. The average molecular weight is 344 g/mol. The first-order chi connectivity index (χ1) is 12.1. The molecule has 1 atom stereocenters. The van der Waals surface area contributed by atoms with Gasteiger partial charge in [0.2, 0.25) is 5.91 Å². The van der Waals surface area contributed by atoms with Crippen molar-refractivity contribution in [1.29, 1.82) is 0 Å². The van der Waals surface area contributed by atoms with Crippen LogP contribution in [0.15, 0.2) is 30.3 Å². The molecule has 2 heterocycles. The second kappa shape index (κ2) is 8.34. The number of nitrogens with two attached hydrogens (primary N) is 1. The van der Waals surface area contributed by atoms with Crippen LogP contribution in [0.1, 0.15) is 31.2 Å². The molecule has 0 unspecified atom stereocenters. The lowest BCUT2D eigenvalue weighted by atomic mass is 10.1. The Morgan fingerprint density at radius 3 is 2.28 bits per heavy atom. The van der Waals surface area contributed by atoms with Gasteiger partial charge in [-0.05, 0) is 31.2 Å². The first-order valence-electron chi connectivity index (χ1n) is 9.26. The predicted octanol–water partition coefficient (Wildman–Crippen LogP) is 1.65. The van der Waals surface area contributed by atoms with Crippen LogP contribution in [0.25, 0.3) is 0 Å². The Labute approximate surface area is 149 Å². The number of carbonyl (C=O) groups excluding carboxylic acids is 2. The third-order valence-electron chi connectivity index (χ3n) is 5.19. The third-order valence-corrected chi connectivity index (χ3v) is 5.19. The molecule has 0 radical (unpaired) electrons. The first kappa shape index (κ1) is 17.7. The van der Waals surface area contributed by atoms with E-state index in [1.54, 1.807) is 0 Å². The molecule has 1 aromatic rings. The van der Waals surface area contributed by atoms with Crippen LogP contribution in [0.3, 0.4) is 0 Å². The molecule has 2 aliphatic rings. The van der Waals surface area contributed by atoms with Crippen LogP contribution in [-0.2, 0) is 11.3 Å². The maximum Gasteiger partial charge on any atom is 0.315 e. The molecule has 3 rings (SSSR count). The molecule has 0 bridgehead atoms. The molecule has 1 aromatic carbocycles. The van der Waals surface area contributed by atoms with Crippen molar-refractivity contribution in [2.75, 3.05) is 32.7 Å². The molecular formula is C19H28N4O2. The summed E-state index contributed by atoms with van der Waals surface area (Å²) in [5, 5.41) is 0. The minimum atomic E-state index is -0.475. The highest BCUT2D eigenvalue weighted by Gasteiger charge is 2.35. The van der Waals surface area contributed by atoms with Crippen LogP contribution in [0, 0.1) is 0 Å². The molecule has 6 nitrogen and oxygen atoms in total. The van der Waals surface area contributed by atoms with E-state index in [4.69, 9.17) is 5.73 Å². The van der Waals surface area contributed by atoms with Gasteiger partial charge < -0.3 is 15.5 Å². The minimum absolute atomic E-state index is 0.0767. The molecular weight excluding hydrogens is 316 g/mol. The molecule has 0 aliphatic carbocycles. The number of urea groups is 1. The zero-order valence-electron chi connectivity index (χ0n) is 14.8. The summed E-state index contributed by atoms with van der Waals surface area (Å²) in [6, 6.07) is 9.69. The van der Waals surface area contributed by atoms with Crippen molar-refractivity contribution >= 4 is 11.9 Å². The summed E-state index contributed by atoms with van der Waals surface area (Å²) in [5.74, 6) is 0.0767. The summed E-state index contributed by atoms with van der Waals surface area (Å²) in [5.41, 5.74) is 6.74. The van der Waals surface area contributed by atoms with E-state index in [0.717, 1.165) is 58.4 Å². The number of nitrogens with zero attached hydrogens (tertiary/aromatic N) is 3. The number of hydrogen-bond donors (Lipinski definition) is 1. The van der Waals surface area contributed by atoms with Gasteiger partial charge in [0, 0.05) is 39.3 Å². The Kier molecular flexibility index (Phi) is 5.91. The minimum Gasteiger partial charge on any atom is -0.351 e. The van der Waals surface area contributed by atoms with Crippen LogP contribution in [0.5, 0.6) is 0 Å². The number of hydrogen-bond acceptors (Lipinski definition) is 3. The highest BCUT2D eigenvalue weighted by atomic mass is 16.2. The van der Waals surface area contributed by atoms with Crippen molar-refractivity contribution in [3.8, 4) is 0 Å². The molecule has 0 saturated carbocycles. The number of primary amides is 1. The summed E-state index contributed by atoms with van der Waals surface area (Å²) in [7, 11) is 0. The second-order valence-corrected chi connectivity index (χ2v) is 6.98. The fourth-order valence-electron chi connectivity index (χ4n) is 3.91. The predicted molar refractivity (Wildman–Crippen MR) is 96.8 cm³/mol. The SMILES string of the molecule is NC(=O)N1CCC[C@H]1C(=O)N1CCCN(Cc2ccccc2)CCC1. The fourth-order valence-corrected chi connectivity index (χ4v) is 3.91. The van der Waals surface area contributed by atoms with Crippen molar-refractivity contribution in [3.63, 3.8) is 0 Å². The van der Waals surface area contributed by atoms with Gasteiger partial charge in [0.15, 0.2) is 0 Å². The molecule has 6 heteroatoms. The molecule has 0 aromatic heterocycles. The second-order valence-electron chi connectivity index (χ2n) is 6.98. The lowest BCUT2D eigenvalue weighted by Crippen LogP contribution is -2.50. The summed E-state index contributed by atoms with van der Waals surface area (Å²) < 4.78 is 0. The highest BCUT2D eigenvalue weighted by molar-refractivity contribution is 5.87. The Bertz CT molecular complexity index is 582. The molecule has 0 spiro atoms. The lowest BCUT2D eigenvalue weighted by molar-refractivity contribution is -0.135. The van der Waals surface area contributed by atoms with E-state index in [-0.39, 0.29) is 11.9 Å². The van der Waals surface area contributed by atoms with Crippen molar-refractivity contribution in [2.45, 2.75) is 38.3 Å². The van der Waals surface area contributed by atoms with E-state index in [0.29, 0.717) is 6.54 Å². The fraction of sp³-hybridized carbons (Fsp3) is 0.579. The number of rotatable bonds is 3. The van der Waals surface area contributed by atoms with Gasteiger partial charge in [-0.15, -0.1) is 0 Å². The quantitative estimate of drug-likeness (QED) is 0.906. The maximum absolute atomic E-state index is 12.8. The van der Waals surface area contributed by atoms with Gasteiger partial charge in [-0.25, -0.2) is 4.79 Å². The van der Waals surface area contributed by atoms with Gasteiger partial charge in [-0.2, -0.15) is 0 Å². The normalized spacial score (nSPS) is 22.5. The number of carbonyl (C=O) groups is 2. The molecule has 2 N–H and O–H groups in total. The lowest BCUT2D eigenvalue weighted by Gasteiger charge is -2.33. The van der Waals surface area contributed by atoms with Crippen LogP contribution < -0.4 is 5.73 Å². The first-order valence-corrected chi connectivity index (χ1v) is 9.26. The molecule has 2 aliphatic heterocycles. The summed E-state index contributed by atoms with van der Waals surface area (Å²) in [6.45, 7) is 5.06. The Morgan fingerprint density at radius 2 is 1.64 bits per heavy atom. The van der Waals surface area contributed by atoms with Crippen molar-refractivity contribution in [3.05, 3.63) is 35.9 Å². The number of amides is 3. The summed E-state index contributed by atoms with van der Waals surface area (Å²) in [6.07, 6.45) is 3.51. The molecule has 2 fully saturated rings. The van der Waals surface area contributed by atoms with Crippen LogP contribution >= 0.6 is 0 Å². The van der Waals surface area contributed by atoms with Gasteiger partial charge in [-0.1, -0.05) is 30.3 Å². The molecule has 3 amide bonds. The van der Waals surface area contributed by atoms with Crippen molar-refractivity contribution in [2.24, 2.45) is 5.73 Å². The van der Waals surface area contributed by atoms with E-state index in [1.807, 2.05) is 11.0 Å². The smallest absolute Gasteiger partial charge is 0.315 e. The maximum atomic E-state index is 12.8. The number of benzene rings is 1. The Balaban J connectivity index is 1.52. The summed E-state index contributed by atoms with van der Waals surface area (Å²) in [4.78, 5) is 30.3. The molecule has 2 saturated heterocycles. The van der Waals surface area contributed by atoms with E-state index < -0.39 is 6.03 Å². The van der Waals surface area contributed by atoms with Gasteiger partial charge in [0.05, 0.1) is 0 Å². The van der Waals surface area contributed by atoms with Gasteiger partial charge in [0.1, 0.15) is 6.04 Å². The monoisotopic (exact) mass is 344 g/mol. The van der Waals surface area contributed by atoms with Crippen molar-refractivity contribution < 1.29 is 9.59 Å². The zero-order valence-corrected chi connectivity index (χ0v) is 14.8.